The van der Waals surface area contributed by atoms with E-state index in [0.717, 1.165) is 11.3 Å². The van der Waals surface area contributed by atoms with Gasteiger partial charge in [-0.15, -0.1) is 0 Å². The molecule has 2 aromatic carbocycles. The van der Waals surface area contributed by atoms with E-state index < -0.39 is 7.12 Å². The fourth-order valence-electron chi connectivity index (χ4n) is 1.58. The fraction of sp³-hybridized carbons (Fsp3) is 0.0714. The van der Waals surface area contributed by atoms with E-state index in [1.54, 1.807) is 24.4 Å². The molecule has 0 radical (unpaired) electrons. The normalized spacial score (nSPS) is 10.8. The van der Waals surface area contributed by atoms with Gasteiger partial charge in [-0.2, -0.15) is 0 Å². The highest BCUT2D eigenvalue weighted by Gasteiger charge is 2.09. The summed E-state index contributed by atoms with van der Waals surface area (Å²) in [5.74, 6) is 0. The Morgan fingerprint density at radius 1 is 1.06 bits per heavy atom. The molecular formula is C14H14BNO2. The van der Waals surface area contributed by atoms with Crippen LogP contribution in [0.4, 0.5) is 5.69 Å². The van der Waals surface area contributed by atoms with Crippen LogP contribution in [0.25, 0.3) is 0 Å². The molecule has 0 aliphatic carbocycles. The van der Waals surface area contributed by atoms with Crippen LogP contribution in [0, 0.1) is 6.92 Å². The number of hydrogen-bond donors (Lipinski definition) is 2. The average molecular weight is 239 g/mol. The molecule has 90 valence electrons. The van der Waals surface area contributed by atoms with Gasteiger partial charge in [-0.1, -0.05) is 42.0 Å². The second-order valence-electron chi connectivity index (χ2n) is 4.14. The molecule has 18 heavy (non-hydrogen) atoms. The number of aliphatic imine (C=N–C) groups is 1. The van der Waals surface area contributed by atoms with Gasteiger partial charge in [0.15, 0.2) is 0 Å². The van der Waals surface area contributed by atoms with Crippen molar-refractivity contribution in [2.24, 2.45) is 4.99 Å². The topological polar surface area (TPSA) is 52.8 Å². The van der Waals surface area contributed by atoms with E-state index in [1.165, 1.54) is 5.56 Å². The molecule has 0 bridgehead atoms. The Labute approximate surface area is 107 Å². The molecule has 0 aliphatic heterocycles. The molecule has 0 aliphatic rings. The molecule has 0 amide bonds. The van der Waals surface area contributed by atoms with Gasteiger partial charge in [0.2, 0.25) is 0 Å². The van der Waals surface area contributed by atoms with Crippen LogP contribution in [-0.4, -0.2) is 23.4 Å². The summed E-state index contributed by atoms with van der Waals surface area (Å²) >= 11 is 0. The van der Waals surface area contributed by atoms with Gasteiger partial charge >= 0.3 is 7.12 Å². The largest absolute Gasteiger partial charge is 0.488 e. The van der Waals surface area contributed by atoms with Crippen molar-refractivity contribution in [3.05, 3.63) is 59.7 Å². The van der Waals surface area contributed by atoms with E-state index in [4.69, 9.17) is 10.0 Å². The quantitative estimate of drug-likeness (QED) is 0.628. The van der Waals surface area contributed by atoms with Gasteiger partial charge in [0.1, 0.15) is 0 Å². The van der Waals surface area contributed by atoms with E-state index in [1.807, 2.05) is 37.3 Å². The summed E-state index contributed by atoms with van der Waals surface area (Å²) in [4.78, 5) is 4.33. The average Bonchev–Trinajstić information content (AvgIpc) is 2.38. The molecule has 0 heterocycles. The first-order valence-corrected chi connectivity index (χ1v) is 5.72. The minimum atomic E-state index is -1.45. The minimum Gasteiger partial charge on any atom is -0.423 e. The zero-order chi connectivity index (χ0) is 13.0. The molecule has 0 saturated heterocycles. The maximum Gasteiger partial charge on any atom is 0.488 e. The van der Waals surface area contributed by atoms with Crippen LogP contribution in [0.15, 0.2) is 53.5 Å². The Morgan fingerprint density at radius 2 is 1.78 bits per heavy atom. The molecule has 0 atom stereocenters. The molecule has 0 aromatic heterocycles. The lowest BCUT2D eigenvalue weighted by molar-refractivity contribution is 0.426. The number of benzene rings is 2. The molecule has 2 N–H and O–H groups in total. The van der Waals surface area contributed by atoms with Crippen LogP contribution in [0.3, 0.4) is 0 Å². The summed E-state index contributed by atoms with van der Waals surface area (Å²) < 4.78 is 0. The van der Waals surface area contributed by atoms with Crippen LogP contribution in [0.1, 0.15) is 11.1 Å². The van der Waals surface area contributed by atoms with Crippen molar-refractivity contribution in [3.8, 4) is 0 Å². The van der Waals surface area contributed by atoms with Gasteiger partial charge in [0.25, 0.3) is 0 Å². The minimum absolute atomic E-state index is 0.461. The zero-order valence-electron chi connectivity index (χ0n) is 10.1. The van der Waals surface area contributed by atoms with Gasteiger partial charge < -0.3 is 10.0 Å². The summed E-state index contributed by atoms with van der Waals surface area (Å²) in [6, 6.07) is 14.9. The van der Waals surface area contributed by atoms with Crippen molar-refractivity contribution < 1.29 is 10.0 Å². The molecule has 0 saturated carbocycles. The monoisotopic (exact) mass is 239 g/mol. The smallest absolute Gasteiger partial charge is 0.423 e. The third-order valence-electron chi connectivity index (χ3n) is 2.61. The standard InChI is InChI=1S/C14H14BNO2/c1-11-5-7-14(8-6-11)16-10-12-3-2-4-13(9-12)15(17)18/h2-10,17-18H,1H3. The highest BCUT2D eigenvalue weighted by atomic mass is 16.4. The lowest BCUT2D eigenvalue weighted by Crippen LogP contribution is -2.29. The molecular weight excluding hydrogens is 225 g/mol. The van der Waals surface area contributed by atoms with Crippen LogP contribution in [0.2, 0.25) is 0 Å². The Morgan fingerprint density at radius 3 is 2.44 bits per heavy atom. The molecule has 3 nitrogen and oxygen atoms in total. The summed E-state index contributed by atoms with van der Waals surface area (Å²) in [5.41, 5.74) is 3.36. The summed E-state index contributed by atoms with van der Waals surface area (Å²) in [5, 5.41) is 18.1. The van der Waals surface area contributed by atoms with Gasteiger partial charge in [0.05, 0.1) is 5.69 Å². The molecule has 0 fully saturated rings. The predicted molar refractivity (Wildman–Crippen MR) is 74.7 cm³/mol. The molecule has 0 spiro atoms. The van der Waals surface area contributed by atoms with Crippen LogP contribution < -0.4 is 5.46 Å². The van der Waals surface area contributed by atoms with Crippen molar-refractivity contribution >= 4 is 24.5 Å². The highest BCUT2D eigenvalue weighted by molar-refractivity contribution is 6.58. The first-order chi connectivity index (χ1) is 8.65. The van der Waals surface area contributed by atoms with Crippen molar-refractivity contribution in [2.75, 3.05) is 0 Å². The van der Waals surface area contributed by atoms with Gasteiger partial charge in [-0.3, -0.25) is 4.99 Å². The molecule has 2 rings (SSSR count). The Balaban J connectivity index is 2.18. The SMILES string of the molecule is Cc1ccc(N=Cc2cccc(B(O)O)c2)cc1. The van der Waals surface area contributed by atoms with E-state index >= 15 is 0 Å². The van der Waals surface area contributed by atoms with Gasteiger partial charge in [-0.25, -0.2) is 0 Å². The predicted octanol–water partition coefficient (Wildman–Crippen LogP) is 1.43. The first-order valence-electron chi connectivity index (χ1n) is 5.72. The molecule has 2 aromatic rings. The number of nitrogens with zero attached hydrogens (tertiary/aromatic N) is 1. The highest BCUT2D eigenvalue weighted by Crippen LogP contribution is 2.12. The van der Waals surface area contributed by atoms with Crippen LogP contribution in [0.5, 0.6) is 0 Å². The number of aryl methyl sites for hydroxylation is 1. The third-order valence-corrected chi connectivity index (χ3v) is 2.61. The second kappa shape index (κ2) is 5.62. The Hall–Kier alpha value is -1.91. The molecule has 0 unspecified atom stereocenters. The Bertz CT molecular complexity index is 550. The van der Waals surface area contributed by atoms with Crippen molar-refractivity contribution in [3.63, 3.8) is 0 Å². The number of hydrogen-bond acceptors (Lipinski definition) is 3. The van der Waals surface area contributed by atoms with Crippen molar-refractivity contribution in [2.45, 2.75) is 6.92 Å². The van der Waals surface area contributed by atoms with E-state index in [2.05, 4.69) is 4.99 Å². The van der Waals surface area contributed by atoms with Gasteiger partial charge in [0, 0.05) is 6.21 Å². The first kappa shape index (κ1) is 12.5. The van der Waals surface area contributed by atoms with E-state index in [-0.39, 0.29) is 0 Å². The zero-order valence-corrected chi connectivity index (χ0v) is 10.1. The number of rotatable bonds is 3. The van der Waals surface area contributed by atoms with E-state index in [9.17, 15) is 0 Å². The lowest BCUT2D eigenvalue weighted by Gasteiger charge is -2.00. The van der Waals surface area contributed by atoms with Crippen molar-refractivity contribution in [1.82, 2.24) is 0 Å². The van der Waals surface area contributed by atoms with E-state index in [0.29, 0.717) is 5.46 Å². The maximum atomic E-state index is 9.07. The summed E-state index contributed by atoms with van der Waals surface area (Å²) in [6.45, 7) is 2.03. The Kier molecular flexibility index (Phi) is 3.92. The molecule has 4 heteroatoms. The third kappa shape index (κ3) is 3.29. The van der Waals surface area contributed by atoms with Crippen molar-refractivity contribution in [1.29, 1.82) is 0 Å². The summed E-state index contributed by atoms with van der Waals surface area (Å²) in [6.07, 6.45) is 1.70. The lowest BCUT2D eigenvalue weighted by atomic mass is 9.80. The van der Waals surface area contributed by atoms with Gasteiger partial charge in [-0.05, 0) is 30.1 Å². The van der Waals surface area contributed by atoms with Crippen LogP contribution in [-0.2, 0) is 0 Å². The second-order valence-corrected chi connectivity index (χ2v) is 4.14. The summed E-state index contributed by atoms with van der Waals surface area (Å²) in [7, 11) is -1.45. The maximum absolute atomic E-state index is 9.07. The van der Waals surface area contributed by atoms with Crippen LogP contribution >= 0.6 is 0 Å². The fourth-order valence-corrected chi connectivity index (χ4v) is 1.58.